The van der Waals surface area contributed by atoms with E-state index in [-0.39, 0.29) is 23.5 Å². The summed E-state index contributed by atoms with van der Waals surface area (Å²) < 4.78 is 101. The number of carbonyl (C=O) groups excluding carboxylic acids is 1. The van der Waals surface area contributed by atoms with Crippen LogP contribution < -0.4 is 0 Å². The molecular weight excluding hydrogens is 486 g/mol. The Kier molecular flexibility index (Phi) is 6.16. The molecular formula is C21H21F4NO5S2. The van der Waals surface area contributed by atoms with Gasteiger partial charge >= 0.3 is 6.18 Å². The Balaban J connectivity index is 1.85. The summed E-state index contributed by atoms with van der Waals surface area (Å²) in [7, 11) is -8.06. The highest BCUT2D eigenvalue weighted by Crippen LogP contribution is 2.39. The Morgan fingerprint density at radius 2 is 1.61 bits per heavy atom. The maximum Gasteiger partial charge on any atom is 0.416 e. The number of halogens is 4. The first-order valence-corrected chi connectivity index (χ1v) is 13.0. The van der Waals surface area contributed by atoms with Crippen molar-refractivity contribution in [3.05, 3.63) is 59.4 Å². The molecule has 2 aromatic rings. The van der Waals surface area contributed by atoms with E-state index in [0.717, 1.165) is 42.7 Å². The van der Waals surface area contributed by atoms with Crippen LogP contribution in [0.5, 0.6) is 0 Å². The highest BCUT2D eigenvalue weighted by atomic mass is 32.2. The molecule has 3 rings (SSSR count). The SMILES string of the molecule is CC(C)(C1CN(C(=O)c2cc(F)ccc2S(C)(=O)=O)C1)S(=O)(=O)c1cccc(C(F)(F)F)c1. The Bertz CT molecular complexity index is 1310. The van der Waals surface area contributed by atoms with Crippen LogP contribution in [0.2, 0.25) is 0 Å². The molecule has 2 aromatic carbocycles. The van der Waals surface area contributed by atoms with E-state index in [1.165, 1.54) is 18.7 Å². The number of hydrogen-bond acceptors (Lipinski definition) is 5. The van der Waals surface area contributed by atoms with Gasteiger partial charge in [0.2, 0.25) is 0 Å². The van der Waals surface area contributed by atoms with Gasteiger partial charge in [0.1, 0.15) is 5.82 Å². The Hall–Kier alpha value is -2.47. The van der Waals surface area contributed by atoms with E-state index in [2.05, 4.69) is 0 Å². The second-order valence-electron chi connectivity index (χ2n) is 8.45. The highest BCUT2D eigenvalue weighted by Gasteiger charge is 2.49. The Labute approximate surface area is 189 Å². The van der Waals surface area contributed by atoms with Gasteiger partial charge in [-0.1, -0.05) is 6.07 Å². The zero-order chi connectivity index (χ0) is 25.0. The Morgan fingerprint density at radius 3 is 2.15 bits per heavy atom. The molecule has 6 nitrogen and oxygen atoms in total. The lowest BCUT2D eigenvalue weighted by molar-refractivity contribution is -0.137. The fraction of sp³-hybridized carbons (Fsp3) is 0.381. The van der Waals surface area contributed by atoms with Gasteiger partial charge in [0, 0.05) is 25.3 Å². The van der Waals surface area contributed by atoms with Crippen LogP contribution in [0.4, 0.5) is 17.6 Å². The fourth-order valence-electron chi connectivity index (χ4n) is 3.61. The van der Waals surface area contributed by atoms with Crippen molar-refractivity contribution in [3.8, 4) is 0 Å². The molecule has 0 saturated carbocycles. The predicted octanol–water partition coefficient (Wildman–Crippen LogP) is 3.57. The van der Waals surface area contributed by atoms with E-state index in [1.807, 2.05) is 0 Å². The van der Waals surface area contributed by atoms with Crippen LogP contribution in [-0.2, 0) is 25.9 Å². The number of likely N-dealkylation sites (tertiary alicyclic amines) is 1. The van der Waals surface area contributed by atoms with E-state index in [1.54, 1.807) is 0 Å². The number of carbonyl (C=O) groups is 1. The summed E-state index contributed by atoms with van der Waals surface area (Å²) in [6, 6.07) is 6.14. The van der Waals surface area contributed by atoms with Gasteiger partial charge in [0.15, 0.2) is 19.7 Å². The minimum absolute atomic E-state index is 0.0935. The van der Waals surface area contributed by atoms with Gasteiger partial charge in [-0.2, -0.15) is 13.2 Å². The first kappa shape index (κ1) is 25.2. The van der Waals surface area contributed by atoms with Crippen molar-refractivity contribution in [2.45, 2.75) is 34.6 Å². The number of sulfone groups is 2. The van der Waals surface area contributed by atoms with Crippen molar-refractivity contribution >= 4 is 25.6 Å². The summed E-state index contributed by atoms with van der Waals surface area (Å²) in [6.45, 7) is 2.53. The highest BCUT2D eigenvalue weighted by molar-refractivity contribution is 7.92. The average Bonchev–Trinajstić information content (AvgIpc) is 2.64. The van der Waals surface area contributed by atoms with Gasteiger partial charge in [-0.3, -0.25) is 4.79 Å². The van der Waals surface area contributed by atoms with Crippen molar-refractivity contribution in [2.24, 2.45) is 5.92 Å². The standard InChI is InChI=1S/C21H21F4NO5S2/c1-20(2,33(30,31)16-6-4-5-13(9-16)21(23,24)25)14-11-26(12-14)19(27)17-10-15(22)7-8-18(17)32(3,28)29/h4-10,14H,11-12H2,1-3H3. The molecule has 180 valence electrons. The molecule has 1 heterocycles. The van der Waals surface area contributed by atoms with Crippen molar-refractivity contribution in [1.82, 2.24) is 4.90 Å². The molecule has 1 amide bonds. The average molecular weight is 508 g/mol. The van der Waals surface area contributed by atoms with Crippen LogP contribution in [0.15, 0.2) is 52.3 Å². The van der Waals surface area contributed by atoms with E-state index < -0.39 is 58.7 Å². The third kappa shape index (κ3) is 4.63. The third-order valence-electron chi connectivity index (χ3n) is 5.89. The molecule has 1 fully saturated rings. The van der Waals surface area contributed by atoms with Gasteiger partial charge in [-0.05, 0) is 50.2 Å². The topological polar surface area (TPSA) is 88.6 Å². The monoisotopic (exact) mass is 507 g/mol. The van der Waals surface area contributed by atoms with Gasteiger partial charge in [0.05, 0.1) is 25.7 Å². The van der Waals surface area contributed by atoms with Crippen molar-refractivity contribution in [3.63, 3.8) is 0 Å². The molecule has 0 atom stereocenters. The number of alkyl halides is 3. The first-order chi connectivity index (χ1) is 15.0. The summed E-state index contributed by atoms with van der Waals surface area (Å²) in [5, 5.41) is 0. The van der Waals surface area contributed by atoms with Crippen molar-refractivity contribution in [2.75, 3.05) is 19.3 Å². The summed E-state index contributed by atoms with van der Waals surface area (Å²) in [6.07, 6.45) is -3.84. The van der Waals surface area contributed by atoms with Gasteiger partial charge in [-0.25, -0.2) is 21.2 Å². The lowest BCUT2D eigenvalue weighted by atomic mass is 9.87. The molecule has 12 heteroatoms. The summed E-state index contributed by atoms with van der Waals surface area (Å²) >= 11 is 0. The molecule has 0 unspecified atom stereocenters. The number of amides is 1. The number of hydrogen-bond donors (Lipinski definition) is 0. The molecule has 0 aromatic heterocycles. The van der Waals surface area contributed by atoms with Crippen LogP contribution in [0, 0.1) is 11.7 Å². The molecule has 0 bridgehead atoms. The van der Waals surface area contributed by atoms with Crippen molar-refractivity contribution < 1.29 is 39.2 Å². The van der Waals surface area contributed by atoms with Crippen LogP contribution in [0.25, 0.3) is 0 Å². The van der Waals surface area contributed by atoms with E-state index in [4.69, 9.17) is 0 Å². The van der Waals surface area contributed by atoms with Crippen LogP contribution in [-0.4, -0.2) is 51.7 Å². The van der Waals surface area contributed by atoms with Crippen LogP contribution in [0.1, 0.15) is 29.8 Å². The summed E-state index contributed by atoms with van der Waals surface area (Å²) in [4.78, 5) is 13.1. The van der Waals surface area contributed by atoms with Gasteiger partial charge in [0.25, 0.3) is 5.91 Å². The predicted molar refractivity (Wildman–Crippen MR) is 112 cm³/mol. The molecule has 1 saturated heterocycles. The number of rotatable bonds is 5. The first-order valence-electron chi connectivity index (χ1n) is 9.67. The molecule has 1 aliphatic heterocycles. The van der Waals surface area contributed by atoms with E-state index >= 15 is 0 Å². The normalized spacial score (nSPS) is 15.9. The van der Waals surface area contributed by atoms with Crippen LogP contribution in [0.3, 0.4) is 0 Å². The third-order valence-corrected chi connectivity index (χ3v) is 9.64. The maximum atomic E-state index is 13.7. The molecule has 0 spiro atoms. The molecule has 0 aliphatic carbocycles. The molecule has 33 heavy (non-hydrogen) atoms. The van der Waals surface area contributed by atoms with Gasteiger partial charge in [-0.15, -0.1) is 0 Å². The van der Waals surface area contributed by atoms with Crippen LogP contribution >= 0.6 is 0 Å². The van der Waals surface area contributed by atoms with E-state index in [0.29, 0.717) is 6.07 Å². The zero-order valence-corrected chi connectivity index (χ0v) is 19.5. The fourth-order valence-corrected chi connectivity index (χ4v) is 6.21. The lowest BCUT2D eigenvalue weighted by Crippen LogP contribution is -2.60. The minimum atomic E-state index is -4.71. The number of benzene rings is 2. The summed E-state index contributed by atoms with van der Waals surface area (Å²) in [5.41, 5.74) is -1.46. The largest absolute Gasteiger partial charge is 0.416 e. The number of nitrogens with zero attached hydrogens (tertiary/aromatic N) is 1. The molecule has 0 radical (unpaired) electrons. The second kappa shape index (κ2) is 8.08. The molecule has 1 aliphatic rings. The molecule has 0 N–H and O–H groups in total. The second-order valence-corrected chi connectivity index (χ2v) is 13.0. The maximum absolute atomic E-state index is 13.7. The van der Waals surface area contributed by atoms with Gasteiger partial charge < -0.3 is 4.90 Å². The zero-order valence-electron chi connectivity index (χ0n) is 17.8. The Morgan fingerprint density at radius 1 is 1.00 bits per heavy atom. The minimum Gasteiger partial charge on any atom is -0.338 e. The lowest BCUT2D eigenvalue weighted by Gasteiger charge is -2.47. The van der Waals surface area contributed by atoms with E-state index in [9.17, 15) is 39.2 Å². The quantitative estimate of drug-likeness (QED) is 0.456. The smallest absolute Gasteiger partial charge is 0.338 e. The summed E-state index contributed by atoms with van der Waals surface area (Å²) in [5.74, 6) is -2.23. The van der Waals surface area contributed by atoms with Crippen molar-refractivity contribution in [1.29, 1.82) is 0 Å².